The molecule has 2 aliphatic carbocycles. The molecule has 6 aromatic rings. The molecule has 0 spiro atoms. The predicted molar refractivity (Wildman–Crippen MR) is 149 cm³/mol. The maximum absolute atomic E-state index is 6.06. The Balaban J connectivity index is 0.000000120. The van der Waals surface area contributed by atoms with Crippen LogP contribution in [-0.4, -0.2) is 0 Å². The molecular formula is C33H26OS. The summed E-state index contributed by atoms with van der Waals surface area (Å²) >= 11 is 1.94. The summed E-state index contributed by atoms with van der Waals surface area (Å²) in [6.45, 7) is 6.41. The highest BCUT2D eigenvalue weighted by molar-refractivity contribution is 7.22. The van der Waals surface area contributed by atoms with Gasteiger partial charge in [0.15, 0.2) is 0 Å². The lowest BCUT2D eigenvalue weighted by molar-refractivity contribution is 0.631. The molecule has 0 saturated heterocycles. The third kappa shape index (κ3) is 3.28. The predicted octanol–water partition coefficient (Wildman–Crippen LogP) is 9.40. The number of furan rings is 1. The fourth-order valence-corrected chi connectivity index (χ4v) is 7.05. The zero-order valence-electron chi connectivity index (χ0n) is 20.2. The summed E-state index contributed by atoms with van der Waals surface area (Å²) in [5.41, 5.74) is 13.4. The molecule has 0 N–H and O–H groups in total. The van der Waals surface area contributed by atoms with Gasteiger partial charge in [-0.3, -0.25) is 0 Å². The Bertz CT molecular complexity index is 1780. The average Bonchev–Trinajstić information content (AvgIpc) is 3.56. The minimum Gasteiger partial charge on any atom is -0.456 e. The first kappa shape index (κ1) is 20.7. The normalized spacial score (nSPS) is 12.8. The van der Waals surface area contributed by atoms with E-state index in [1.165, 1.54) is 70.4 Å². The first-order chi connectivity index (χ1) is 17.0. The SMILES string of the molecule is Cc1ccc2c(c1)Cc1c-2oc2cc(C)ccc12.Cc1ccc2c3c(sc2c1)-c1ccccc1C3. The lowest BCUT2D eigenvalue weighted by Gasteiger charge is -2.00. The van der Waals surface area contributed by atoms with E-state index >= 15 is 0 Å². The van der Waals surface area contributed by atoms with Crippen LogP contribution in [0.3, 0.4) is 0 Å². The number of benzene rings is 4. The van der Waals surface area contributed by atoms with Gasteiger partial charge in [0.25, 0.3) is 0 Å². The van der Waals surface area contributed by atoms with Gasteiger partial charge in [-0.25, -0.2) is 0 Å². The van der Waals surface area contributed by atoms with Crippen LogP contribution in [0.4, 0.5) is 0 Å². The molecule has 0 fully saturated rings. The molecule has 0 radical (unpaired) electrons. The average molecular weight is 471 g/mol. The van der Waals surface area contributed by atoms with Crippen LogP contribution < -0.4 is 0 Å². The third-order valence-corrected chi connectivity index (χ3v) is 8.63. The van der Waals surface area contributed by atoms with Crippen molar-refractivity contribution in [2.24, 2.45) is 0 Å². The quantitative estimate of drug-likeness (QED) is 0.215. The van der Waals surface area contributed by atoms with E-state index in [1.54, 1.807) is 0 Å². The Morgan fingerprint density at radius 2 is 1.34 bits per heavy atom. The van der Waals surface area contributed by atoms with Crippen molar-refractivity contribution in [3.63, 3.8) is 0 Å². The molecule has 2 heterocycles. The van der Waals surface area contributed by atoms with Crippen LogP contribution >= 0.6 is 11.3 Å². The van der Waals surface area contributed by atoms with Gasteiger partial charge in [0, 0.05) is 38.9 Å². The minimum absolute atomic E-state index is 1.00. The van der Waals surface area contributed by atoms with Crippen molar-refractivity contribution < 1.29 is 4.42 Å². The van der Waals surface area contributed by atoms with Gasteiger partial charge < -0.3 is 4.42 Å². The lowest BCUT2D eigenvalue weighted by Crippen LogP contribution is -1.83. The standard InChI is InChI=1S/C17H14O.C16H12S/c1-10-3-5-13-12(7-10)9-15-14-6-4-11(2)8-16(14)18-17(13)15;1-10-6-7-13-14-9-11-4-2-3-5-12(11)16(14)17-15(13)8-10/h3-8H,9H2,1-2H3;2-8H,9H2,1H3. The Hall–Kier alpha value is -3.62. The van der Waals surface area contributed by atoms with Gasteiger partial charge in [-0.15, -0.1) is 11.3 Å². The van der Waals surface area contributed by atoms with E-state index in [1.807, 2.05) is 11.3 Å². The molecule has 0 aliphatic heterocycles. The largest absolute Gasteiger partial charge is 0.456 e. The molecular weight excluding hydrogens is 444 g/mol. The van der Waals surface area contributed by atoms with Crippen LogP contribution in [0.15, 0.2) is 83.3 Å². The summed E-state index contributed by atoms with van der Waals surface area (Å²) in [6.07, 6.45) is 2.11. The van der Waals surface area contributed by atoms with E-state index in [4.69, 9.17) is 4.42 Å². The molecule has 1 nitrogen and oxygen atoms in total. The van der Waals surface area contributed by atoms with Crippen LogP contribution in [0.1, 0.15) is 38.9 Å². The summed E-state index contributed by atoms with van der Waals surface area (Å²) in [5, 5.41) is 2.72. The Morgan fingerprint density at radius 1 is 0.629 bits per heavy atom. The van der Waals surface area contributed by atoms with E-state index < -0.39 is 0 Å². The van der Waals surface area contributed by atoms with Crippen molar-refractivity contribution >= 4 is 32.4 Å². The monoisotopic (exact) mass is 470 g/mol. The van der Waals surface area contributed by atoms with Gasteiger partial charge in [0.2, 0.25) is 0 Å². The van der Waals surface area contributed by atoms with Gasteiger partial charge in [0.05, 0.1) is 0 Å². The summed E-state index contributed by atoms with van der Waals surface area (Å²) in [5.74, 6) is 1.07. The second kappa shape index (κ2) is 7.69. The van der Waals surface area contributed by atoms with Crippen molar-refractivity contribution in [1.29, 1.82) is 0 Å². The van der Waals surface area contributed by atoms with E-state index in [2.05, 4.69) is 99.6 Å². The van der Waals surface area contributed by atoms with Crippen LogP contribution in [0.2, 0.25) is 0 Å². The van der Waals surface area contributed by atoms with Crippen molar-refractivity contribution in [1.82, 2.24) is 0 Å². The van der Waals surface area contributed by atoms with Gasteiger partial charge in [-0.05, 0) is 71.7 Å². The summed E-state index contributed by atoms with van der Waals surface area (Å²) in [4.78, 5) is 1.49. The van der Waals surface area contributed by atoms with Crippen LogP contribution in [0, 0.1) is 20.8 Å². The molecule has 0 amide bonds. The first-order valence-corrected chi connectivity index (χ1v) is 13.1. The molecule has 0 saturated carbocycles. The van der Waals surface area contributed by atoms with Gasteiger partial charge >= 0.3 is 0 Å². The van der Waals surface area contributed by atoms with Crippen LogP contribution in [-0.2, 0) is 12.8 Å². The van der Waals surface area contributed by atoms with Crippen molar-refractivity contribution in [2.75, 3.05) is 0 Å². The molecule has 2 aromatic heterocycles. The van der Waals surface area contributed by atoms with Gasteiger partial charge in [-0.2, -0.15) is 0 Å². The number of fused-ring (bicyclic) bond motifs is 10. The van der Waals surface area contributed by atoms with Crippen molar-refractivity contribution in [2.45, 2.75) is 33.6 Å². The molecule has 35 heavy (non-hydrogen) atoms. The van der Waals surface area contributed by atoms with E-state index in [0.29, 0.717) is 0 Å². The topological polar surface area (TPSA) is 13.1 Å². The second-order valence-corrected chi connectivity index (χ2v) is 11.0. The molecule has 4 aromatic carbocycles. The second-order valence-electron chi connectivity index (χ2n) is 9.99. The molecule has 2 heteroatoms. The molecule has 0 atom stereocenters. The number of rotatable bonds is 0. The summed E-state index contributed by atoms with van der Waals surface area (Å²) in [6, 6.07) is 28.7. The highest BCUT2D eigenvalue weighted by Crippen LogP contribution is 2.46. The third-order valence-electron chi connectivity index (χ3n) is 7.40. The fraction of sp³-hybridized carbons (Fsp3) is 0.152. The van der Waals surface area contributed by atoms with E-state index in [9.17, 15) is 0 Å². The highest BCUT2D eigenvalue weighted by Gasteiger charge is 2.25. The first-order valence-electron chi connectivity index (χ1n) is 12.3. The molecule has 2 aliphatic rings. The zero-order chi connectivity index (χ0) is 23.7. The molecule has 170 valence electrons. The van der Waals surface area contributed by atoms with E-state index in [0.717, 1.165) is 24.2 Å². The van der Waals surface area contributed by atoms with Crippen molar-refractivity contribution in [3.8, 4) is 21.8 Å². The van der Waals surface area contributed by atoms with Crippen LogP contribution in [0.5, 0.6) is 0 Å². The maximum Gasteiger partial charge on any atom is 0.139 e. The summed E-state index contributed by atoms with van der Waals surface area (Å²) in [7, 11) is 0. The fourth-order valence-electron chi connectivity index (χ4n) is 5.67. The Morgan fingerprint density at radius 3 is 2.23 bits per heavy atom. The number of thiophene rings is 1. The van der Waals surface area contributed by atoms with Crippen molar-refractivity contribution in [3.05, 3.63) is 118 Å². The number of hydrogen-bond donors (Lipinski definition) is 0. The Kier molecular flexibility index (Phi) is 4.56. The van der Waals surface area contributed by atoms with Gasteiger partial charge in [0.1, 0.15) is 11.3 Å². The zero-order valence-corrected chi connectivity index (χ0v) is 21.1. The Labute approximate surface area is 209 Å². The smallest absolute Gasteiger partial charge is 0.139 e. The maximum atomic E-state index is 6.06. The van der Waals surface area contributed by atoms with E-state index in [-0.39, 0.29) is 0 Å². The number of hydrogen-bond acceptors (Lipinski definition) is 2. The lowest BCUT2D eigenvalue weighted by atomic mass is 10.1. The molecule has 0 unspecified atom stereocenters. The minimum atomic E-state index is 1.00. The number of aryl methyl sites for hydroxylation is 3. The highest BCUT2D eigenvalue weighted by atomic mass is 32.1. The molecule has 0 bridgehead atoms. The molecule has 8 rings (SSSR count). The van der Waals surface area contributed by atoms with Crippen LogP contribution in [0.25, 0.3) is 42.8 Å². The summed E-state index contributed by atoms with van der Waals surface area (Å²) < 4.78 is 7.49. The van der Waals surface area contributed by atoms with Gasteiger partial charge in [-0.1, -0.05) is 72.3 Å².